The molecule has 0 nitrogen and oxygen atoms in total. The zero-order valence-corrected chi connectivity index (χ0v) is 8.35. The minimum Gasteiger partial charge on any atom is -0.0595 e. The summed E-state index contributed by atoms with van der Waals surface area (Å²) < 4.78 is 0. The molecule has 0 atom stereocenters. The topological polar surface area (TPSA) is 0 Å². The van der Waals surface area contributed by atoms with Crippen molar-refractivity contribution in [3.05, 3.63) is 39.9 Å². The van der Waals surface area contributed by atoms with Crippen LogP contribution in [-0.2, 0) is 0 Å². The Morgan fingerprint density at radius 2 is 1.91 bits per heavy atom. The van der Waals surface area contributed by atoms with Gasteiger partial charge in [0.25, 0.3) is 0 Å². The predicted octanol–water partition coefficient (Wildman–Crippen LogP) is 3.67. The number of hydrogen-bond acceptors (Lipinski definition) is 0. The molecule has 0 aliphatic rings. The molecule has 1 aromatic rings. The van der Waals surface area contributed by atoms with E-state index in [0.717, 1.165) is 0 Å². The van der Waals surface area contributed by atoms with Crippen LogP contribution in [-0.4, -0.2) is 0 Å². The predicted molar refractivity (Wildman–Crippen MR) is 53.9 cm³/mol. The Balaban J connectivity index is 3.05. The molecule has 1 heteroatoms. The molecule has 58 valence electrons. The molecule has 0 amide bonds. The van der Waals surface area contributed by atoms with Gasteiger partial charge in [0.2, 0.25) is 0 Å². The fourth-order valence-corrected chi connectivity index (χ4v) is 1.25. The SMILES string of the molecule is Cc1ccc(/C=C/Br)cc1C. The molecule has 1 aromatic carbocycles. The van der Waals surface area contributed by atoms with Crippen LogP contribution in [0.5, 0.6) is 0 Å². The maximum absolute atomic E-state index is 3.25. The van der Waals surface area contributed by atoms with Crippen LogP contribution in [0.4, 0.5) is 0 Å². The molecule has 0 aliphatic carbocycles. The average Bonchev–Trinajstić information content (AvgIpc) is 1.98. The number of hydrogen-bond donors (Lipinski definition) is 0. The third-order valence-corrected chi connectivity index (χ3v) is 2.05. The smallest absolute Gasteiger partial charge is 0.0183 e. The number of aryl methyl sites for hydroxylation is 2. The zero-order valence-electron chi connectivity index (χ0n) is 6.76. The lowest BCUT2D eigenvalue weighted by atomic mass is 10.1. The molecule has 0 radical (unpaired) electrons. The van der Waals surface area contributed by atoms with Crippen molar-refractivity contribution in [1.29, 1.82) is 0 Å². The van der Waals surface area contributed by atoms with Crippen LogP contribution in [0, 0.1) is 13.8 Å². The van der Waals surface area contributed by atoms with Crippen LogP contribution in [0.2, 0.25) is 0 Å². The van der Waals surface area contributed by atoms with E-state index in [4.69, 9.17) is 0 Å². The van der Waals surface area contributed by atoms with Gasteiger partial charge >= 0.3 is 0 Å². The van der Waals surface area contributed by atoms with E-state index in [-0.39, 0.29) is 0 Å². The van der Waals surface area contributed by atoms with Gasteiger partial charge in [-0.15, -0.1) is 0 Å². The van der Waals surface area contributed by atoms with E-state index in [1.54, 1.807) is 0 Å². The standard InChI is InChI=1S/C10H11Br/c1-8-3-4-10(5-6-11)7-9(8)2/h3-7H,1-2H3/b6-5+. The second-order valence-electron chi connectivity index (χ2n) is 2.64. The lowest BCUT2D eigenvalue weighted by Crippen LogP contribution is -1.80. The van der Waals surface area contributed by atoms with Crippen molar-refractivity contribution >= 4 is 22.0 Å². The molecule has 0 unspecified atom stereocenters. The van der Waals surface area contributed by atoms with Gasteiger partial charge in [-0.25, -0.2) is 0 Å². The Labute approximate surface area is 76.1 Å². The summed E-state index contributed by atoms with van der Waals surface area (Å²) >= 11 is 3.25. The highest BCUT2D eigenvalue weighted by Gasteiger charge is 1.91. The number of benzene rings is 1. The zero-order chi connectivity index (χ0) is 8.27. The molecule has 0 saturated heterocycles. The van der Waals surface area contributed by atoms with E-state index in [1.165, 1.54) is 16.7 Å². The lowest BCUT2D eigenvalue weighted by molar-refractivity contribution is 1.33. The van der Waals surface area contributed by atoms with Crippen molar-refractivity contribution in [2.45, 2.75) is 13.8 Å². The highest BCUT2D eigenvalue weighted by atomic mass is 79.9. The normalized spacial score (nSPS) is 10.8. The summed E-state index contributed by atoms with van der Waals surface area (Å²) in [6.07, 6.45) is 2.03. The Morgan fingerprint density at radius 1 is 1.18 bits per heavy atom. The molecule has 0 aliphatic heterocycles. The second-order valence-corrected chi connectivity index (χ2v) is 3.17. The van der Waals surface area contributed by atoms with Gasteiger partial charge in [0.15, 0.2) is 0 Å². The molecule has 0 saturated carbocycles. The maximum atomic E-state index is 3.25. The summed E-state index contributed by atoms with van der Waals surface area (Å²) in [5, 5.41) is 0. The van der Waals surface area contributed by atoms with Gasteiger partial charge in [0.1, 0.15) is 0 Å². The summed E-state index contributed by atoms with van der Waals surface area (Å²) in [5.41, 5.74) is 3.93. The minimum absolute atomic E-state index is 1.24. The van der Waals surface area contributed by atoms with Crippen LogP contribution in [0.1, 0.15) is 16.7 Å². The van der Waals surface area contributed by atoms with Crippen molar-refractivity contribution in [3.63, 3.8) is 0 Å². The molecular formula is C10H11Br. The first-order valence-electron chi connectivity index (χ1n) is 3.58. The first kappa shape index (κ1) is 8.54. The molecule has 0 N–H and O–H groups in total. The summed E-state index contributed by atoms with van der Waals surface area (Å²) in [4.78, 5) is 1.87. The largest absolute Gasteiger partial charge is 0.0595 e. The summed E-state index contributed by atoms with van der Waals surface area (Å²) in [5.74, 6) is 0. The van der Waals surface area contributed by atoms with Gasteiger partial charge in [-0.1, -0.05) is 34.1 Å². The van der Waals surface area contributed by atoms with Crippen molar-refractivity contribution in [2.24, 2.45) is 0 Å². The van der Waals surface area contributed by atoms with Crippen LogP contribution in [0.25, 0.3) is 6.08 Å². The molecule has 0 bridgehead atoms. The summed E-state index contributed by atoms with van der Waals surface area (Å²) in [6.45, 7) is 4.25. The monoisotopic (exact) mass is 210 g/mol. The van der Waals surface area contributed by atoms with E-state index in [0.29, 0.717) is 0 Å². The number of rotatable bonds is 1. The molecule has 0 aromatic heterocycles. The first-order valence-corrected chi connectivity index (χ1v) is 4.49. The molecule has 0 spiro atoms. The summed E-state index contributed by atoms with van der Waals surface area (Å²) in [7, 11) is 0. The Hall–Kier alpha value is -0.560. The van der Waals surface area contributed by atoms with E-state index in [9.17, 15) is 0 Å². The molecular weight excluding hydrogens is 200 g/mol. The van der Waals surface area contributed by atoms with E-state index in [1.807, 2.05) is 11.1 Å². The van der Waals surface area contributed by atoms with Gasteiger partial charge in [0.05, 0.1) is 0 Å². The molecule has 11 heavy (non-hydrogen) atoms. The van der Waals surface area contributed by atoms with Gasteiger partial charge in [-0.2, -0.15) is 0 Å². The van der Waals surface area contributed by atoms with Crippen molar-refractivity contribution < 1.29 is 0 Å². The maximum Gasteiger partial charge on any atom is -0.0183 e. The third kappa shape index (κ3) is 2.19. The average molecular weight is 211 g/mol. The molecule has 1 rings (SSSR count). The lowest BCUT2D eigenvalue weighted by Gasteiger charge is -1.99. The van der Waals surface area contributed by atoms with Crippen LogP contribution < -0.4 is 0 Å². The van der Waals surface area contributed by atoms with E-state index in [2.05, 4.69) is 48.0 Å². The molecule has 0 heterocycles. The minimum atomic E-state index is 1.24. The Morgan fingerprint density at radius 3 is 2.45 bits per heavy atom. The van der Waals surface area contributed by atoms with Crippen molar-refractivity contribution in [1.82, 2.24) is 0 Å². The molecule has 0 fully saturated rings. The van der Waals surface area contributed by atoms with Gasteiger partial charge in [-0.3, -0.25) is 0 Å². The Kier molecular flexibility index (Phi) is 2.89. The van der Waals surface area contributed by atoms with Gasteiger partial charge < -0.3 is 0 Å². The van der Waals surface area contributed by atoms with E-state index < -0.39 is 0 Å². The van der Waals surface area contributed by atoms with Crippen LogP contribution >= 0.6 is 15.9 Å². The van der Waals surface area contributed by atoms with Gasteiger partial charge in [-0.05, 0) is 41.6 Å². The van der Waals surface area contributed by atoms with Crippen LogP contribution in [0.3, 0.4) is 0 Å². The number of halogens is 1. The van der Waals surface area contributed by atoms with Crippen molar-refractivity contribution in [2.75, 3.05) is 0 Å². The fourth-order valence-electron chi connectivity index (χ4n) is 0.941. The quantitative estimate of drug-likeness (QED) is 0.664. The highest BCUT2D eigenvalue weighted by Crippen LogP contribution is 2.11. The second kappa shape index (κ2) is 3.72. The van der Waals surface area contributed by atoms with Crippen LogP contribution in [0.15, 0.2) is 23.2 Å². The third-order valence-electron chi connectivity index (χ3n) is 1.79. The Bertz CT molecular complexity index is 274. The highest BCUT2D eigenvalue weighted by molar-refractivity contribution is 9.11. The van der Waals surface area contributed by atoms with Crippen molar-refractivity contribution in [3.8, 4) is 0 Å². The van der Waals surface area contributed by atoms with E-state index >= 15 is 0 Å². The summed E-state index contributed by atoms with van der Waals surface area (Å²) in [6, 6.07) is 6.42. The first-order chi connectivity index (χ1) is 5.24. The van der Waals surface area contributed by atoms with Gasteiger partial charge in [0, 0.05) is 0 Å². The fraction of sp³-hybridized carbons (Fsp3) is 0.200.